The molecule has 0 unspecified atom stereocenters. The van der Waals surface area contributed by atoms with Crippen LogP contribution in [0.5, 0.6) is 5.75 Å². The first-order valence-corrected chi connectivity index (χ1v) is 3.73. The number of nitrogens with two attached hydrogens (primary N) is 1. The molecule has 0 saturated carbocycles. The van der Waals surface area contributed by atoms with E-state index in [1.165, 1.54) is 0 Å². The first-order valence-electron chi connectivity index (χ1n) is 3.73. The molecule has 1 rings (SSSR count). The maximum absolute atomic E-state index is 5.14. The van der Waals surface area contributed by atoms with E-state index in [0.29, 0.717) is 6.61 Å². The van der Waals surface area contributed by atoms with Crippen molar-refractivity contribution in [3.8, 4) is 5.75 Å². The van der Waals surface area contributed by atoms with Crippen LogP contribution in [0.1, 0.15) is 11.1 Å². The van der Waals surface area contributed by atoms with Crippen LogP contribution in [0, 0.1) is 6.92 Å². The molecule has 0 radical (unpaired) electrons. The van der Waals surface area contributed by atoms with Gasteiger partial charge < -0.3 is 4.74 Å². The number of rotatable bonds is 3. The Balaban J connectivity index is 2.94. The van der Waals surface area contributed by atoms with Crippen molar-refractivity contribution in [3.05, 3.63) is 29.3 Å². The van der Waals surface area contributed by atoms with Crippen molar-refractivity contribution in [3.63, 3.8) is 0 Å². The summed E-state index contributed by atoms with van der Waals surface area (Å²) in [6.07, 6.45) is 0. The Kier molecular flexibility index (Phi) is 3.08. The normalized spacial score (nSPS) is 9.92. The van der Waals surface area contributed by atoms with Crippen LogP contribution in [0.3, 0.4) is 0 Å². The van der Waals surface area contributed by atoms with Gasteiger partial charge in [-0.1, -0.05) is 12.1 Å². The molecule has 0 atom stereocenters. The van der Waals surface area contributed by atoms with Crippen LogP contribution in [-0.2, 0) is 11.4 Å². The molecule has 0 fully saturated rings. The van der Waals surface area contributed by atoms with Crippen LogP contribution in [0.4, 0.5) is 0 Å². The van der Waals surface area contributed by atoms with E-state index in [0.717, 1.165) is 16.9 Å². The zero-order valence-electron chi connectivity index (χ0n) is 7.33. The van der Waals surface area contributed by atoms with E-state index in [4.69, 9.17) is 10.6 Å². The molecule has 1 aromatic rings. The molecular formula is C9H13NO2. The molecule has 66 valence electrons. The second-order valence-electron chi connectivity index (χ2n) is 2.63. The molecule has 0 aromatic heterocycles. The predicted molar refractivity (Wildman–Crippen MR) is 46.7 cm³/mol. The Hall–Kier alpha value is -1.06. The fraction of sp³-hybridized carbons (Fsp3) is 0.333. The van der Waals surface area contributed by atoms with E-state index in [1.54, 1.807) is 7.11 Å². The zero-order chi connectivity index (χ0) is 8.97. The van der Waals surface area contributed by atoms with Gasteiger partial charge in [-0.25, -0.2) is 5.90 Å². The van der Waals surface area contributed by atoms with Crippen molar-refractivity contribution in [1.29, 1.82) is 0 Å². The first-order chi connectivity index (χ1) is 5.77. The van der Waals surface area contributed by atoms with Crippen LogP contribution in [0.25, 0.3) is 0 Å². The molecule has 0 spiro atoms. The van der Waals surface area contributed by atoms with Gasteiger partial charge in [0.2, 0.25) is 0 Å². The molecule has 3 nitrogen and oxygen atoms in total. The third-order valence-corrected chi connectivity index (χ3v) is 1.68. The summed E-state index contributed by atoms with van der Waals surface area (Å²) >= 11 is 0. The third-order valence-electron chi connectivity index (χ3n) is 1.68. The van der Waals surface area contributed by atoms with Gasteiger partial charge in [0.25, 0.3) is 0 Å². The Labute approximate surface area is 72.0 Å². The molecule has 0 aliphatic heterocycles. The predicted octanol–water partition coefficient (Wildman–Crippen LogP) is 1.39. The molecule has 0 aliphatic rings. The maximum Gasteiger partial charge on any atom is 0.124 e. The van der Waals surface area contributed by atoms with E-state index in [1.807, 2.05) is 25.1 Å². The maximum atomic E-state index is 5.14. The number of hydrogen-bond donors (Lipinski definition) is 1. The van der Waals surface area contributed by atoms with Gasteiger partial charge in [0, 0.05) is 5.56 Å². The van der Waals surface area contributed by atoms with E-state index in [2.05, 4.69) is 4.84 Å². The van der Waals surface area contributed by atoms with Gasteiger partial charge in [-0.05, 0) is 18.6 Å². The van der Waals surface area contributed by atoms with Crippen LogP contribution in [0.15, 0.2) is 18.2 Å². The van der Waals surface area contributed by atoms with Crippen molar-refractivity contribution >= 4 is 0 Å². The Morgan fingerprint density at radius 3 is 2.75 bits per heavy atom. The third kappa shape index (κ3) is 1.96. The van der Waals surface area contributed by atoms with Gasteiger partial charge >= 0.3 is 0 Å². The average Bonchev–Trinajstić information content (AvgIpc) is 2.08. The number of ether oxygens (including phenoxy) is 1. The number of hydrogen-bond acceptors (Lipinski definition) is 3. The summed E-state index contributed by atoms with van der Waals surface area (Å²) in [4.78, 5) is 4.53. The molecule has 0 aliphatic carbocycles. The van der Waals surface area contributed by atoms with Crippen LogP contribution >= 0.6 is 0 Å². The van der Waals surface area contributed by atoms with Crippen molar-refractivity contribution in [2.45, 2.75) is 13.5 Å². The van der Waals surface area contributed by atoms with E-state index in [9.17, 15) is 0 Å². The van der Waals surface area contributed by atoms with E-state index in [-0.39, 0.29) is 0 Å². The molecule has 12 heavy (non-hydrogen) atoms. The molecule has 0 amide bonds. The van der Waals surface area contributed by atoms with Crippen LogP contribution in [0.2, 0.25) is 0 Å². The topological polar surface area (TPSA) is 44.5 Å². The van der Waals surface area contributed by atoms with Crippen molar-refractivity contribution in [2.24, 2.45) is 5.90 Å². The van der Waals surface area contributed by atoms with Gasteiger partial charge in [0.05, 0.1) is 13.7 Å². The number of benzene rings is 1. The largest absolute Gasteiger partial charge is 0.496 e. The summed E-state index contributed by atoms with van der Waals surface area (Å²) in [5.74, 6) is 5.79. The second kappa shape index (κ2) is 4.09. The average molecular weight is 167 g/mol. The first kappa shape index (κ1) is 9.03. The molecule has 2 N–H and O–H groups in total. The highest BCUT2D eigenvalue weighted by atomic mass is 16.6. The Morgan fingerprint density at radius 1 is 1.42 bits per heavy atom. The van der Waals surface area contributed by atoms with Gasteiger partial charge in [0.15, 0.2) is 0 Å². The highest BCUT2D eigenvalue weighted by Gasteiger charge is 2.01. The molecular weight excluding hydrogens is 154 g/mol. The summed E-state index contributed by atoms with van der Waals surface area (Å²) in [6.45, 7) is 2.39. The molecule has 0 heterocycles. The minimum atomic E-state index is 0.378. The molecule has 0 bridgehead atoms. The van der Waals surface area contributed by atoms with Crippen molar-refractivity contribution < 1.29 is 9.57 Å². The molecule has 1 aromatic carbocycles. The zero-order valence-corrected chi connectivity index (χ0v) is 7.33. The summed E-state index contributed by atoms with van der Waals surface area (Å²) in [5.41, 5.74) is 2.12. The number of methoxy groups -OCH3 is 1. The smallest absolute Gasteiger partial charge is 0.124 e. The lowest BCUT2D eigenvalue weighted by Crippen LogP contribution is -2.01. The van der Waals surface area contributed by atoms with E-state index >= 15 is 0 Å². The lowest BCUT2D eigenvalue weighted by atomic mass is 10.1. The minimum Gasteiger partial charge on any atom is -0.496 e. The van der Waals surface area contributed by atoms with Gasteiger partial charge in [-0.3, -0.25) is 4.84 Å². The lowest BCUT2D eigenvalue weighted by Gasteiger charge is -2.07. The fourth-order valence-electron chi connectivity index (χ4n) is 1.06. The SMILES string of the molecule is COc1cc(C)ccc1CON. The quantitative estimate of drug-likeness (QED) is 0.692. The monoisotopic (exact) mass is 167 g/mol. The minimum absolute atomic E-state index is 0.378. The van der Waals surface area contributed by atoms with Crippen molar-refractivity contribution in [1.82, 2.24) is 0 Å². The summed E-state index contributed by atoms with van der Waals surface area (Å²) < 4.78 is 5.14. The molecule has 0 saturated heterocycles. The van der Waals surface area contributed by atoms with Crippen LogP contribution < -0.4 is 10.6 Å². The van der Waals surface area contributed by atoms with Gasteiger partial charge in [-0.15, -0.1) is 0 Å². The van der Waals surface area contributed by atoms with E-state index < -0.39 is 0 Å². The summed E-state index contributed by atoms with van der Waals surface area (Å²) in [7, 11) is 1.63. The Morgan fingerprint density at radius 2 is 2.17 bits per heavy atom. The van der Waals surface area contributed by atoms with Crippen LogP contribution in [-0.4, -0.2) is 7.11 Å². The molecule has 3 heteroatoms. The second-order valence-corrected chi connectivity index (χ2v) is 2.63. The number of aryl methyl sites for hydroxylation is 1. The van der Waals surface area contributed by atoms with Crippen molar-refractivity contribution in [2.75, 3.05) is 7.11 Å². The fourth-order valence-corrected chi connectivity index (χ4v) is 1.06. The summed E-state index contributed by atoms with van der Waals surface area (Å²) in [6, 6.07) is 5.90. The standard InChI is InChI=1S/C9H13NO2/c1-7-3-4-8(6-12-10)9(5-7)11-2/h3-5H,6,10H2,1-2H3. The summed E-state index contributed by atoms with van der Waals surface area (Å²) in [5, 5.41) is 0. The highest BCUT2D eigenvalue weighted by molar-refractivity contribution is 5.36. The highest BCUT2D eigenvalue weighted by Crippen LogP contribution is 2.19. The Bertz CT molecular complexity index is 261. The van der Waals surface area contributed by atoms with Gasteiger partial charge in [0.1, 0.15) is 5.75 Å². The van der Waals surface area contributed by atoms with Gasteiger partial charge in [-0.2, -0.15) is 0 Å². The lowest BCUT2D eigenvalue weighted by molar-refractivity contribution is 0.122.